The molecule has 5 aromatic carbocycles. The molecule has 2 heterocycles. The van der Waals surface area contributed by atoms with Crippen molar-refractivity contribution in [3.05, 3.63) is 119 Å². The number of carbonyl (C=O) groups excluding carboxylic acids is 7. The fourth-order valence-electron chi connectivity index (χ4n) is 10.9. The molecule has 0 spiro atoms. The average Bonchev–Trinajstić information content (AvgIpc) is 2.99. The van der Waals surface area contributed by atoms with Crippen molar-refractivity contribution >= 4 is 96.3 Å². The Kier molecular flexibility index (Phi) is 23.4. The maximum atomic E-state index is 14.2. The Hall–Kier alpha value is -8.07. The third-order valence-electron chi connectivity index (χ3n) is 15.7. The molecule has 0 saturated heterocycles. The van der Waals surface area contributed by atoms with Gasteiger partial charge in [0.2, 0.25) is 11.6 Å². The highest BCUT2D eigenvalue weighted by atomic mass is 16.7. The van der Waals surface area contributed by atoms with Crippen LogP contribution in [0.2, 0.25) is 0 Å². The van der Waals surface area contributed by atoms with Crippen LogP contribution in [0.4, 0.5) is 0 Å². The topological polar surface area (TPSA) is 191 Å². The van der Waals surface area contributed by atoms with Gasteiger partial charge in [-0.3, -0.25) is 24.0 Å². The van der Waals surface area contributed by atoms with Gasteiger partial charge in [0, 0.05) is 106 Å². The van der Waals surface area contributed by atoms with Gasteiger partial charge in [-0.2, -0.15) is 0 Å². The van der Waals surface area contributed by atoms with E-state index >= 15 is 0 Å². The molecule has 444 valence electrons. The third kappa shape index (κ3) is 16.4. The molecular formula is C69H82N4O11. The number of unbranched alkanes of at least 4 members (excludes halogenated alkanes) is 5. The first-order valence-corrected chi connectivity index (χ1v) is 30.4. The molecule has 2 unspecified atom stereocenters. The number of benzene rings is 5. The number of oxime groups is 2. The zero-order chi connectivity index (χ0) is 60.3. The fraction of sp³-hybridized carbons (Fsp3) is 0.435. The largest absolute Gasteiger partial charge is 0.427 e. The monoisotopic (exact) mass is 1140 g/mol. The molecule has 0 N–H and O–H groups in total. The molecule has 0 aliphatic carbocycles. The Morgan fingerprint density at radius 3 is 1.33 bits per heavy atom. The van der Waals surface area contributed by atoms with Gasteiger partial charge < -0.3 is 28.3 Å². The van der Waals surface area contributed by atoms with Crippen LogP contribution in [0.15, 0.2) is 107 Å². The summed E-state index contributed by atoms with van der Waals surface area (Å²) in [5, 5.41) is 11.3. The number of nitrogens with zero attached hydrogens (tertiary/aromatic N) is 4. The Morgan fingerprint density at radius 2 is 0.845 bits per heavy atom. The van der Waals surface area contributed by atoms with Crippen molar-refractivity contribution in [1.29, 1.82) is 0 Å². The second-order valence-corrected chi connectivity index (χ2v) is 22.0. The van der Waals surface area contributed by atoms with Crippen LogP contribution in [0.5, 0.6) is 11.5 Å². The number of aromatic nitrogens is 2. The van der Waals surface area contributed by atoms with Crippen molar-refractivity contribution in [2.45, 2.75) is 184 Å². The molecule has 0 radical (unpaired) electrons. The highest BCUT2D eigenvalue weighted by Crippen LogP contribution is 2.36. The second-order valence-electron chi connectivity index (χ2n) is 22.0. The van der Waals surface area contributed by atoms with Gasteiger partial charge in [-0.15, -0.1) is 0 Å². The summed E-state index contributed by atoms with van der Waals surface area (Å²) in [5.41, 5.74) is 5.72. The molecule has 15 heteroatoms. The molecule has 2 atom stereocenters. The molecule has 0 bridgehead atoms. The highest BCUT2D eigenvalue weighted by molar-refractivity contribution is 6.47. The Bertz CT molecular complexity index is 3560. The minimum Gasteiger partial charge on any atom is -0.427 e. The van der Waals surface area contributed by atoms with Crippen molar-refractivity contribution in [2.75, 3.05) is 0 Å². The molecule has 0 fully saturated rings. The Balaban J connectivity index is 1.03. The molecule has 0 amide bonds. The number of rotatable bonds is 33. The van der Waals surface area contributed by atoms with Crippen LogP contribution in [0.3, 0.4) is 0 Å². The quantitative estimate of drug-likeness (QED) is 0.00723. The molecule has 2 aromatic heterocycles. The van der Waals surface area contributed by atoms with E-state index in [-0.39, 0.29) is 53.8 Å². The number of ketones is 3. The van der Waals surface area contributed by atoms with E-state index in [9.17, 15) is 33.6 Å². The first kappa shape index (κ1) is 63.5. The maximum absolute atomic E-state index is 14.2. The third-order valence-corrected chi connectivity index (χ3v) is 15.7. The molecule has 0 aliphatic rings. The van der Waals surface area contributed by atoms with Crippen LogP contribution in [0.25, 0.3) is 43.6 Å². The molecule has 0 aliphatic heterocycles. The van der Waals surface area contributed by atoms with Gasteiger partial charge in [-0.05, 0) is 148 Å². The van der Waals surface area contributed by atoms with Gasteiger partial charge in [0.15, 0.2) is 5.78 Å². The van der Waals surface area contributed by atoms with E-state index in [0.29, 0.717) is 59.1 Å². The Morgan fingerprint density at radius 1 is 0.417 bits per heavy atom. The van der Waals surface area contributed by atoms with Crippen molar-refractivity contribution in [1.82, 2.24) is 9.13 Å². The van der Waals surface area contributed by atoms with E-state index in [1.807, 2.05) is 61.5 Å². The molecule has 7 aromatic rings. The van der Waals surface area contributed by atoms with Crippen LogP contribution >= 0.6 is 0 Å². The molecule has 15 nitrogen and oxygen atoms in total. The number of fused-ring (bicyclic) bond motifs is 6. The molecule has 0 saturated carbocycles. The summed E-state index contributed by atoms with van der Waals surface area (Å²) < 4.78 is 16.0. The van der Waals surface area contributed by atoms with Crippen LogP contribution in [-0.2, 0) is 41.9 Å². The summed E-state index contributed by atoms with van der Waals surface area (Å²) in [7, 11) is 0. The summed E-state index contributed by atoms with van der Waals surface area (Å²) >= 11 is 0. The lowest BCUT2D eigenvalue weighted by Gasteiger charge is -2.17. The Labute approximate surface area is 493 Å². The first-order valence-electron chi connectivity index (χ1n) is 30.4. The summed E-state index contributed by atoms with van der Waals surface area (Å²) in [6, 6.07) is 28.7. The fourth-order valence-corrected chi connectivity index (χ4v) is 10.9. The van der Waals surface area contributed by atoms with Gasteiger partial charge in [0.25, 0.3) is 0 Å². The van der Waals surface area contributed by atoms with Crippen LogP contribution in [0.1, 0.15) is 208 Å². The van der Waals surface area contributed by atoms with E-state index in [1.165, 1.54) is 13.8 Å². The van der Waals surface area contributed by atoms with Gasteiger partial charge in [-0.25, -0.2) is 9.59 Å². The minimum absolute atomic E-state index is 0.0392. The van der Waals surface area contributed by atoms with Crippen molar-refractivity contribution < 1.29 is 52.7 Å². The van der Waals surface area contributed by atoms with Gasteiger partial charge in [0.05, 0.1) is 5.52 Å². The second kappa shape index (κ2) is 31.0. The van der Waals surface area contributed by atoms with Crippen molar-refractivity contribution in [3.8, 4) is 11.5 Å². The number of ether oxygens (including phenoxy) is 2. The molecule has 84 heavy (non-hydrogen) atoms. The summed E-state index contributed by atoms with van der Waals surface area (Å²) in [6.07, 6.45) is 13.5. The molecule has 7 rings (SSSR count). The maximum Gasteiger partial charge on any atom is 0.331 e. The van der Waals surface area contributed by atoms with Gasteiger partial charge >= 0.3 is 23.9 Å². The van der Waals surface area contributed by atoms with Crippen LogP contribution in [0, 0.1) is 11.8 Å². The lowest BCUT2D eigenvalue weighted by molar-refractivity contribution is -0.141. The van der Waals surface area contributed by atoms with E-state index in [2.05, 4.69) is 54.1 Å². The zero-order valence-corrected chi connectivity index (χ0v) is 50.3. The zero-order valence-electron chi connectivity index (χ0n) is 50.3. The first-order chi connectivity index (χ1) is 40.6. The van der Waals surface area contributed by atoms with Gasteiger partial charge in [0.1, 0.15) is 22.9 Å². The smallest absolute Gasteiger partial charge is 0.331 e. The van der Waals surface area contributed by atoms with Gasteiger partial charge in [-0.1, -0.05) is 110 Å². The van der Waals surface area contributed by atoms with Crippen LogP contribution in [-0.4, -0.2) is 61.8 Å². The summed E-state index contributed by atoms with van der Waals surface area (Å²) in [5.74, 6) is -1.69. The number of esters is 2. The highest BCUT2D eigenvalue weighted by Gasteiger charge is 2.24. The standard InChI is InChI=1S/C69H82N4O11/c1-9-15-19-24-60(71-84-46(8)75)69(80)51-30-37-61-56(40-51)55-35-34-54(42-64(55)73(61)44-48(14-6)22-17-11-3)82-66(77)26-20-25-65(76)81-53-32-27-49(28-33-53)67(78)50-29-36-62-57(39-50)58-41-52(68(79)59(23-18-12-4)70-83-45(7)74)31-38-63(58)72(62)43-47(13-5)21-16-10-2/h27-42,47-48H,9-26,43-44H2,1-8H3/b70-59+,71-60+. The normalized spacial score (nSPS) is 12.7. The average molecular weight is 1140 g/mol. The van der Waals surface area contributed by atoms with Crippen molar-refractivity contribution in [3.63, 3.8) is 0 Å². The summed E-state index contributed by atoms with van der Waals surface area (Å²) in [4.78, 5) is 102. The number of hydrogen-bond donors (Lipinski definition) is 0. The lowest BCUT2D eigenvalue weighted by atomic mass is 9.99. The number of hydrogen-bond acceptors (Lipinski definition) is 13. The van der Waals surface area contributed by atoms with E-state index in [0.717, 1.165) is 134 Å². The van der Waals surface area contributed by atoms with E-state index in [1.54, 1.807) is 42.5 Å². The summed E-state index contributed by atoms with van der Waals surface area (Å²) in [6.45, 7) is 16.9. The van der Waals surface area contributed by atoms with Crippen LogP contribution < -0.4 is 9.47 Å². The predicted octanol–water partition coefficient (Wildman–Crippen LogP) is 16.2. The molecular weight excluding hydrogens is 1060 g/mol. The number of Topliss-reactive ketones (excluding diaryl/α,β-unsaturated/α-hetero) is 2. The minimum atomic E-state index is -0.607. The van der Waals surface area contributed by atoms with Crippen molar-refractivity contribution in [2.24, 2.45) is 22.1 Å². The SMILES string of the molecule is CCCCC/C(=N\OC(C)=O)C(=O)c1ccc2c(c1)c1ccc(OC(=O)CCCC(=O)Oc3ccc(C(=O)c4ccc5c(c4)c4cc(C(=O)/C(CCCC)=N/OC(C)=O)ccc4n5CC(CC)CCCC)cc3)cc1n2CC(CC)CCCC. The van der Waals surface area contributed by atoms with E-state index < -0.39 is 23.9 Å². The lowest BCUT2D eigenvalue weighted by Crippen LogP contribution is -2.16. The predicted molar refractivity (Wildman–Crippen MR) is 331 cm³/mol. The number of carbonyl (C=O) groups is 7. The van der Waals surface area contributed by atoms with E-state index in [4.69, 9.17) is 19.1 Å².